The number of carbonyl (C=O) groups is 1. The lowest BCUT2D eigenvalue weighted by Gasteiger charge is -2.27. The van der Waals surface area contributed by atoms with Crippen LogP contribution in [-0.4, -0.2) is 57.5 Å². The number of hydrogen-bond acceptors (Lipinski definition) is 9. The van der Waals surface area contributed by atoms with Gasteiger partial charge >= 0.3 is 12.0 Å². The molecule has 13 heteroatoms. The van der Waals surface area contributed by atoms with Crippen molar-refractivity contribution in [3.8, 4) is 12.3 Å². The highest BCUT2D eigenvalue weighted by atomic mass is 31.1. The molecule has 0 fully saturated rings. The molecule has 2 heterocycles. The van der Waals surface area contributed by atoms with Gasteiger partial charge in [0.05, 0.1) is 19.5 Å². The molecule has 0 saturated heterocycles. The fourth-order valence-corrected chi connectivity index (χ4v) is 7.09. The number of aromatic nitrogens is 4. The molecule has 3 aromatic rings. The Kier molecular flexibility index (Phi) is 20.5. The number of terminal acetylenes is 1. The standard InChI is InChI=1S/C39H60FN6O5P/c1-4-6-7-8-9-10-11-12-13-14-15-16-17-18-19-23-28-50-37(47)33(29-32-24-21-20-22-25-32)45-52(48)51-30-39(5-2,49-3)26-27-46-31-42-34-35(41)43-38(40)44-36(34)46/h2,20-22,24-25,31,33,52H,4,6-19,23,26-30H2,1,3H3,(H,45,48)(H2,41,43,44)/t33-,39-/m0/s1. The number of nitrogens with one attached hydrogen (secondary N) is 1. The van der Waals surface area contributed by atoms with Crippen LogP contribution < -0.4 is 10.8 Å². The minimum absolute atomic E-state index is 0.0715. The number of halogens is 1. The van der Waals surface area contributed by atoms with E-state index < -0.39 is 31.9 Å². The number of imidazole rings is 1. The van der Waals surface area contributed by atoms with E-state index in [0.717, 1.165) is 24.8 Å². The van der Waals surface area contributed by atoms with Crippen LogP contribution in [0, 0.1) is 18.4 Å². The third kappa shape index (κ3) is 15.7. The number of hydrogen-bond donors (Lipinski definition) is 2. The van der Waals surface area contributed by atoms with Crippen LogP contribution in [0.25, 0.3) is 11.2 Å². The Labute approximate surface area is 310 Å². The summed E-state index contributed by atoms with van der Waals surface area (Å²) in [7, 11) is -1.54. The zero-order valence-electron chi connectivity index (χ0n) is 31.3. The van der Waals surface area contributed by atoms with Crippen molar-refractivity contribution in [1.82, 2.24) is 24.6 Å². The highest BCUT2D eigenvalue weighted by Crippen LogP contribution is 2.27. The molecule has 3 N–H and O–H groups in total. The Morgan fingerprint density at radius 3 is 2.15 bits per heavy atom. The van der Waals surface area contributed by atoms with E-state index in [2.05, 4.69) is 32.9 Å². The smallest absolute Gasteiger partial charge is 0.323 e. The number of fused-ring (bicyclic) bond motifs is 1. The lowest BCUT2D eigenvalue weighted by Crippen LogP contribution is -2.39. The van der Waals surface area contributed by atoms with Gasteiger partial charge < -0.3 is 24.3 Å². The molecule has 1 unspecified atom stereocenters. The quantitative estimate of drug-likeness (QED) is 0.0234. The van der Waals surface area contributed by atoms with Gasteiger partial charge in [0.1, 0.15) is 11.6 Å². The molecule has 0 bridgehead atoms. The molecule has 52 heavy (non-hydrogen) atoms. The summed E-state index contributed by atoms with van der Waals surface area (Å²) < 4.78 is 45.5. The van der Waals surface area contributed by atoms with Crippen LogP contribution >= 0.6 is 8.18 Å². The summed E-state index contributed by atoms with van der Waals surface area (Å²) in [5.74, 6) is 2.03. The third-order valence-corrected chi connectivity index (χ3v) is 10.4. The number of aryl methyl sites for hydroxylation is 1. The van der Waals surface area contributed by atoms with Crippen molar-refractivity contribution in [2.45, 2.75) is 141 Å². The van der Waals surface area contributed by atoms with Gasteiger partial charge in [-0.3, -0.25) is 9.36 Å². The number of ether oxygens (including phenoxy) is 2. The maximum atomic E-state index is 13.8. The van der Waals surface area contributed by atoms with Crippen LogP contribution in [0.15, 0.2) is 36.7 Å². The number of unbranched alkanes of at least 4 members (excludes halogenated alkanes) is 15. The number of anilines is 1. The molecule has 2 aromatic heterocycles. The first-order valence-electron chi connectivity index (χ1n) is 19.1. The number of nitrogens with zero attached hydrogens (tertiary/aromatic N) is 4. The van der Waals surface area contributed by atoms with Crippen molar-refractivity contribution in [3.05, 3.63) is 48.3 Å². The van der Waals surface area contributed by atoms with Gasteiger partial charge in [0.15, 0.2) is 17.1 Å². The number of carbonyl (C=O) groups excluding carboxylic acids is 1. The average Bonchev–Trinajstić information content (AvgIpc) is 3.56. The predicted molar refractivity (Wildman–Crippen MR) is 205 cm³/mol. The summed E-state index contributed by atoms with van der Waals surface area (Å²) in [4.78, 5) is 24.6. The molecule has 0 radical (unpaired) electrons. The van der Waals surface area contributed by atoms with Crippen LogP contribution in [0.3, 0.4) is 0 Å². The Balaban J connectivity index is 1.38. The van der Waals surface area contributed by atoms with E-state index in [0.29, 0.717) is 6.61 Å². The van der Waals surface area contributed by atoms with Gasteiger partial charge in [-0.25, -0.2) is 10.1 Å². The Morgan fingerprint density at radius 1 is 0.981 bits per heavy atom. The summed E-state index contributed by atoms with van der Waals surface area (Å²) >= 11 is 0. The van der Waals surface area contributed by atoms with Gasteiger partial charge in [0.25, 0.3) is 8.18 Å². The van der Waals surface area contributed by atoms with Gasteiger partial charge in [-0.1, -0.05) is 139 Å². The number of benzene rings is 1. The van der Waals surface area contributed by atoms with Crippen LogP contribution in [0.2, 0.25) is 0 Å². The van der Waals surface area contributed by atoms with E-state index in [1.165, 1.54) is 96.9 Å². The molecule has 0 amide bonds. The fourth-order valence-electron chi connectivity index (χ4n) is 6.14. The third-order valence-electron chi connectivity index (χ3n) is 9.41. The molecule has 0 spiro atoms. The zero-order valence-corrected chi connectivity index (χ0v) is 32.3. The number of nitrogens with two attached hydrogens (primary N) is 1. The van der Waals surface area contributed by atoms with E-state index >= 15 is 0 Å². The molecule has 0 saturated carbocycles. The maximum Gasteiger partial charge on any atom is 0.323 e. The number of rotatable bonds is 29. The van der Waals surface area contributed by atoms with E-state index in [9.17, 15) is 13.8 Å². The second-order valence-corrected chi connectivity index (χ2v) is 14.7. The molecular formula is C39H60FN6O5P. The van der Waals surface area contributed by atoms with Gasteiger partial charge in [0.2, 0.25) is 0 Å². The molecule has 11 nitrogen and oxygen atoms in total. The van der Waals surface area contributed by atoms with Crippen molar-refractivity contribution < 1.29 is 27.7 Å². The monoisotopic (exact) mass is 742 g/mol. The second kappa shape index (κ2) is 24.8. The fraction of sp³-hybridized carbons (Fsp3) is 0.641. The molecule has 1 aromatic carbocycles. The molecule has 3 rings (SSSR count). The first-order chi connectivity index (χ1) is 25.3. The summed E-state index contributed by atoms with van der Waals surface area (Å²) in [6.45, 7) is 2.57. The van der Waals surface area contributed by atoms with Crippen molar-refractivity contribution in [3.63, 3.8) is 0 Å². The first-order valence-corrected chi connectivity index (χ1v) is 20.4. The normalized spacial score (nSPS) is 13.8. The van der Waals surface area contributed by atoms with Crippen LogP contribution in [0.5, 0.6) is 0 Å². The van der Waals surface area contributed by atoms with Crippen LogP contribution in [0.4, 0.5) is 10.2 Å². The average molecular weight is 743 g/mol. The zero-order chi connectivity index (χ0) is 37.4. The SMILES string of the molecule is C#C[C@](CCn1cnc2c(N)nc(F)nc21)(CO[PH](=O)N[C@@H](Cc1ccccc1)C(=O)OCCCCCCCCCCCCCCCCCC)OC. The summed E-state index contributed by atoms with van der Waals surface area (Å²) in [5.41, 5.74) is 5.85. The predicted octanol–water partition coefficient (Wildman–Crippen LogP) is 8.37. The highest BCUT2D eigenvalue weighted by Gasteiger charge is 2.30. The van der Waals surface area contributed by atoms with Crippen LogP contribution in [0.1, 0.15) is 122 Å². The molecular weight excluding hydrogens is 682 g/mol. The maximum absolute atomic E-state index is 13.8. The minimum Gasteiger partial charge on any atom is -0.465 e. The van der Waals surface area contributed by atoms with Gasteiger partial charge in [-0.05, 0) is 18.4 Å². The van der Waals surface area contributed by atoms with Gasteiger partial charge in [0, 0.05) is 20.1 Å². The lowest BCUT2D eigenvalue weighted by molar-refractivity contribution is -0.145. The molecule has 0 aliphatic heterocycles. The first kappa shape index (κ1) is 43.0. The largest absolute Gasteiger partial charge is 0.465 e. The summed E-state index contributed by atoms with van der Waals surface area (Å²) in [5, 5.41) is 2.84. The highest BCUT2D eigenvalue weighted by molar-refractivity contribution is 7.36. The Hall–Kier alpha value is -3.36. The summed E-state index contributed by atoms with van der Waals surface area (Å²) in [6, 6.07) is 8.57. The second-order valence-electron chi connectivity index (χ2n) is 13.5. The minimum atomic E-state index is -2.96. The van der Waals surface area contributed by atoms with E-state index in [1.54, 1.807) is 4.57 Å². The number of methoxy groups -OCH3 is 1. The number of nitrogen functional groups attached to an aromatic ring is 1. The van der Waals surface area contributed by atoms with Crippen molar-refractivity contribution in [1.29, 1.82) is 0 Å². The van der Waals surface area contributed by atoms with Gasteiger partial charge in [-0.2, -0.15) is 14.4 Å². The van der Waals surface area contributed by atoms with E-state index in [1.807, 2.05) is 30.3 Å². The van der Waals surface area contributed by atoms with Crippen LogP contribution in [-0.2, 0) is 36.3 Å². The molecule has 3 atom stereocenters. The lowest BCUT2D eigenvalue weighted by atomic mass is 10.0. The Bertz CT molecular complexity index is 1520. The van der Waals surface area contributed by atoms with Crippen molar-refractivity contribution in [2.75, 3.05) is 26.1 Å². The van der Waals surface area contributed by atoms with E-state index in [-0.39, 0.29) is 43.0 Å². The van der Waals surface area contributed by atoms with Gasteiger partial charge in [-0.15, -0.1) is 6.42 Å². The number of esters is 1. The Morgan fingerprint density at radius 2 is 1.58 bits per heavy atom. The molecule has 288 valence electrons. The summed E-state index contributed by atoms with van der Waals surface area (Å²) in [6.07, 6.45) is 27.1. The topological polar surface area (TPSA) is 143 Å². The van der Waals surface area contributed by atoms with Crippen molar-refractivity contribution in [2.24, 2.45) is 0 Å². The van der Waals surface area contributed by atoms with Crippen molar-refractivity contribution >= 4 is 31.1 Å². The molecule has 0 aliphatic rings. The van der Waals surface area contributed by atoms with E-state index in [4.69, 9.17) is 26.2 Å². The molecule has 0 aliphatic carbocycles.